The van der Waals surface area contributed by atoms with Crippen LogP contribution in [0, 0.1) is 6.92 Å². The maximum atomic E-state index is 10.9. The molecule has 0 bridgehead atoms. The Morgan fingerprint density at radius 3 is 2.69 bits per heavy atom. The fraction of sp³-hybridized carbons (Fsp3) is 0.167. The Hall–Kier alpha value is -2.10. The first-order chi connectivity index (χ1) is 7.59. The van der Waals surface area contributed by atoms with Crippen LogP contribution >= 0.6 is 0 Å². The first-order valence-electron chi connectivity index (χ1n) is 4.92. The summed E-state index contributed by atoms with van der Waals surface area (Å²) in [5.41, 5.74) is 3.15. The maximum absolute atomic E-state index is 10.9. The lowest BCUT2D eigenvalue weighted by atomic mass is 10.0. The van der Waals surface area contributed by atoms with Crippen molar-refractivity contribution in [1.82, 2.24) is 9.78 Å². The summed E-state index contributed by atoms with van der Waals surface area (Å²) >= 11 is 0. The van der Waals surface area contributed by atoms with Crippen molar-refractivity contribution in [2.75, 3.05) is 0 Å². The number of rotatable bonds is 2. The Morgan fingerprint density at radius 2 is 2.12 bits per heavy atom. The van der Waals surface area contributed by atoms with Crippen molar-refractivity contribution in [3.05, 3.63) is 41.6 Å². The highest BCUT2D eigenvalue weighted by molar-refractivity contribution is 5.89. The van der Waals surface area contributed by atoms with Gasteiger partial charge in [0.25, 0.3) is 0 Å². The first kappa shape index (κ1) is 10.4. The zero-order valence-corrected chi connectivity index (χ0v) is 9.14. The molecule has 0 fully saturated rings. The number of hydrogen-bond acceptors (Lipinski definition) is 2. The Morgan fingerprint density at radius 1 is 1.38 bits per heavy atom. The molecule has 1 N–H and O–H groups in total. The second-order valence-electron chi connectivity index (χ2n) is 3.67. The predicted octanol–water partition coefficient (Wildman–Crippen LogP) is 2.09. The largest absolute Gasteiger partial charge is 0.478 e. The third kappa shape index (κ3) is 1.69. The minimum absolute atomic E-state index is 0.293. The number of aromatic nitrogens is 2. The van der Waals surface area contributed by atoms with Gasteiger partial charge >= 0.3 is 5.97 Å². The van der Waals surface area contributed by atoms with E-state index < -0.39 is 5.97 Å². The molecule has 0 spiro atoms. The highest BCUT2D eigenvalue weighted by atomic mass is 16.4. The molecule has 82 valence electrons. The van der Waals surface area contributed by atoms with E-state index >= 15 is 0 Å². The molecule has 16 heavy (non-hydrogen) atoms. The van der Waals surface area contributed by atoms with Gasteiger partial charge in [0.1, 0.15) is 0 Å². The van der Waals surface area contributed by atoms with E-state index in [1.165, 1.54) is 0 Å². The Labute approximate surface area is 93.1 Å². The normalized spacial score (nSPS) is 10.4. The molecule has 0 atom stereocenters. The summed E-state index contributed by atoms with van der Waals surface area (Å²) in [5.74, 6) is -0.914. The average Bonchev–Trinajstić information content (AvgIpc) is 2.65. The molecule has 1 aromatic carbocycles. The van der Waals surface area contributed by atoms with Crippen LogP contribution in [-0.2, 0) is 7.05 Å². The molecule has 0 radical (unpaired) electrons. The van der Waals surface area contributed by atoms with E-state index in [4.69, 9.17) is 5.11 Å². The second-order valence-corrected chi connectivity index (χ2v) is 3.67. The number of aryl methyl sites for hydroxylation is 2. The van der Waals surface area contributed by atoms with Crippen LogP contribution < -0.4 is 0 Å². The fourth-order valence-electron chi connectivity index (χ4n) is 1.67. The number of carbonyl (C=O) groups is 1. The van der Waals surface area contributed by atoms with Gasteiger partial charge in [-0.25, -0.2) is 4.79 Å². The van der Waals surface area contributed by atoms with Crippen LogP contribution in [0.15, 0.2) is 30.5 Å². The molecular weight excluding hydrogens is 204 g/mol. The summed E-state index contributed by atoms with van der Waals surface area (Å²) in [6.45, 7) is 1.95. The topological polar surface area (TPSA) is 55.1 Å². The summed E-state index contributed by atoms with van der Waals surface area (Å²) < 4.78 is 1.73. The molecule has 1 aromatic heterocycles. The standard InChI is InChI=1S/C12H12N2O2/c1-8-3-4-9(12(15)16)7-10(8)11-5-6-13-14(11)2/h3-7H,1-2H3,(H,15,16). The molecule has 1 heterocycles. The van der Waals surface area contributed by atoms with Crippen molar-refractivity contribution < 1.29 is 9.90 Å². The molecule has 0 aliphatic rings. The molecule has 0 saturated carbocycles. The monoisotopic (exact) mass is 216 g/mol. The highest BCUT2D eigenvalue weighted by Gasteiger charge is 2.10. The van der Waals surface area contributed by atoms with Crippen LogP contribution in [0.4, 0.5) is 0 Å². The Kier molecular flexibility index (Phi) is 2.48. The van der Waals surface area contributed by atoms with Gasteiger partial charge in [-0.3, -0.25) is 4.68 Å². The number of carboxylic acids is 1. The smallest absolute Gasteiger partial charge is 0.335 e. The molecule has 2 aromatic rings. The number of hydrogen-bond donors (Lipinski definition) is 1. The van der Waals surface area contributed by atoms with Crippen LogP contribution in [-0.4, -0.2) is 20.9 Å². The van der Waals surface area contributed by atoms with Gasteiger partial charge in [-0.1, -0.05) is 6.07 Å². The lowest BCUT2D eigenvalue weighted by Gasteiger charge is -2.07. The van der Waals surface area contributed by atoms with E-state index in [-0.39, 0.29) is 0 Å². The molecule has 0 amide bonds. The molecular formula is C12H12N2O2. The van der Waals surface area contributed by atoms with Gasteiger partial charge in [-0.15, -0.1) is 0 Å². The number of nitrogens with zero attached hydrogens (tertiary/aromatic N) is 2. The lowest BCUT2D eigenvalue weighted by Crippen LogP contribution is -2.00. The lowest BCUT2D eigenvalue weighted by molar-refractivity contribution is 0.0697. The van der Waals surface area contributed by atoms with Crippen LogP contribution in [0.25, 0.3) is 11.3 Å². The van der Waals surface area contributed by atoms with Gasteiger partial charge in [0.15, 0.2) is 0 Å². The Bertz CT molecular complexity index is 544. The van der Waals surface area contributed by atoms with Gasteiger partial charge in [-0.05, 0) is 30.7 Å². The van der Waals surface area contributed by atoms with Gasteiger partial charge in [-0.2, -0.15) is 5.10 Å². The summed E-state index contributed by atoms with van der Waals surface area (Å²) in [6, 6.07) is 6.96. The van der Waals surface area contributed by atoms with Crippen molar-refractivity contribution in [3.8, 4) is 11.3 Å². The number of aromatic carboxylic acids is 1. The molecule has 0 unspecified atom stereocenters. The van der Waals surface area contributed by atoms with Gasteiger partial charge in [0.05, 0.1) is 11.3 Å². The van der Waals surface area contributed by atoms with Gasteiger partial charge < -0.3 is 5.11 Å². The van der Waals surface area contributed by atoms with E-state index in [9.17, 15) is 4.79 Å². The quantitative estimate of drug-likeness (QED) is 0.836. The molecule has 4 heteroatoms. The van der Waals surface area contributed by atoms with Crippen LogP contribution in [0.1, 0.15) is 15.9 Å². The zero-order valence-electron chi connectivity index (χ0n) is 9.14. The minimum atomic E-state index is -0.914. The van der Waals surface area contributed by atoms with Crippen LogP contribution in [0.5, 0.6) is 0 Å². The van der Waals surface area contributed by atoms with E-state index in [0.717, 1.165) is 16.8 Å². The maximum Gasteiger partial charge on any atom is 0.335 e. The first-order valence-corrected chi connectivity index (χ1v) is 4.92. The van der Waals surface area contributed by atoms with Crippen molar-refractivity contribution in [2.45, 2.75) is 6.92 Å². The second kappa shape index (κ2) is 3.81. The van der Waals surface area contributed by atoms with E-state index in [2.05, 4.69) is 5.10 Å². The SMILES string of the molecule is Cc1ccc(C(=O)O)cc1-c1ccnn1C. The fourth-order valence-corrected chi connectivity index (χ4v) is 1.67. The molecule has 0 aliphatic carbocycles. The van der Waals surface area contributed by atoms with E-state index in [1.54, 1.807) is 23.0 Å². The third-order valence-corrected chi connectivity index (χ3v) is 2.58. The summed E-state index contributed by atoms with van der Waals surface area (Å²) in [7, 11) is 1.84. The van der Waals surface area contributed by atoms with Crippen molar-refractivity contribution in [3.63, 3.8) is 0 Å². The van der Waals surface area contributed by atoms with Crippen molar-refractivity contribution >= 4 is 5.97 Å². The third-order valence-electron chi connectivity index (χ3n) is 2.58. The molecule has 0 saturated heterocycles. The number of benzene rings is 1. The highest BCUT2D eigenvalue weighted by Crippen LogP contribution is 2.23. The average molecular weight is 216 g/mol. The predicted molar refractivity (Wildman–Crippen MR) is 60.3 cm³/mol. The summed E-state index contributed by atoms with van der Waals surface area (Å²) in [4.78, 5) is 10.9. The van der Waals surface area contributed by atoms with Gasteiger partial charge in [0.2, 0.25) is 0 Å². The Balaban J connectivity index is 2.60. The zero-order chi connectivity index (χ0) is 11.7. The van der Waals surface area contributed by atoms with E-state index in [1.807, 2.05) is 26.1 Å². The van der Waals surface area contributed by atoms with E-state index in [0.29, 0.717) is 5.56 Å². The molecule has 0 aliphatic heterocycles. The van der Waals surface area contributed by atoms with Crippen molar-refractivity contribution in [2.24, 2.45) is 7.05 Å². The molecule has 4 nitrogen and oxygen atoms in total. The van der Waals surface area contributed by atoms with Crippen LogP contribution in [0.3, 0.4) is 0 Å². The minimum Gasteiger partial charge on any atom is -0.478 e. The summed E-state index contributed by atoms with van der Waals surface area (Å²) in [6.07, 6.45) is 1.70. The number of carboxylic acid groups (broad SMARTS) is 1. The summed E-state index contributed by atoms with van der Waals surface area (Å²) in [5, 5.41) is 13.0. The van der Waals surface area contributed by atoms with Crippen LogP contribution in [0.2, 0.25) is 0 Å². The molecule has 2 rings (SSSR count). The van der Waals surface area contributed by atoms with Gasteiger partial charge in [0, 0.05) is 18.8 Å². The van der Waals surface area contributed by atoms with Crippen molar-refractivity contribution in [1.29, 1.82) is 0 Å².